The maximum atomic E-state index is 12.7. The average Bonchev–Trinajstić information content (AvgIpc) is 3.17. The largest absolute Gasteiger partial charge is 0.386 e. The zero-order valence-electron chi connectivity index (χ0n) is 20.9. The Hall–Kier alpha value is -3.37. The molecule has 2 heterocycles. The van der Waals surface area contributed by atoms with E-state index in [0.717, 1.165) is 11.1 Å². The molecule has 1 fully saturated rings. The van der Waals surface area contributed by atoms with Crippen molar-refractivity contribution in [1.82, 2.24) is 9.55 Å². The second kappa shape index (κ2) is 12.2. The number of aliphatic hydroxyl groups is 1. The van der Waals surface area contributed by atoms with E-state index in [4.69, 9.17) is 14.2 Å². The van der Waals surface area contributed by atoms with Crippen molar-refractivity contribution in [3.05, 3.63) is 104 Å². The number of ether oxygens (including phenoxy) is 3. The van der Waals surface area contributed by atoms with Crippen molar-refractivity contribution in [2.75, 3.05) is 13.2 Å². The number of hydrogen-bond donors (Lipinski definition) is 2. The van der Waals surface area contributed by atoms with Crippen LogP contribution in [0.1, 0.15) is 35.8 Å². The number of hydrogen-bond acceptors (Lipinski definition) is 7. The lowest BCUT2D eigenvalue weighted by Crippen LogP contribution is -2.48. The molecule has 9 nitrogen and oxygen atoms in total. The highest BCUT2D eigenvalue weighted by molar-refractivity contribution is 5.23. The lowest BCUT2D eigenvalue weighted by atomic mass is 9.90. The summed E-state index contributed by atoms with van der Waals surface area (Å²) >= 11 is 0. The van der Waals surface area contributed by atoms with Gasteiger partial charge in [0, 0.05) is 18.3 Å². The Morgan fingerprint density at radius 3 is 2.38 bits per heavy atom. The van der Waals surface area contributed by atoms with Gasteiger partial charge in [-0.15, -0.1) is 0 Å². The van der Waals surface area contributed by atoms with Crippen molar-refractivity contribution >= 4 is 6.72 Å². The van der Waals surface area contributed by atoms with Gasteiger partial charge < -0.3 is 24.3 Å². The highest BCUT2D eigenvalue weighted by Gasteiger charge is 2.56. The minimum Gasteiger partial charge on any atom is -0.386 e. The Kier molecular flexibility index (Phi) is 8.83. The summed E-state index contributed by atoms with van der Waals surface area (Å²) in [4.78, 5) is 30.9. The number of aromatic nitrogens is 2. The summed E-state index contributed by atoms with van der Waals surface area (Å²) < 4.78 is 20.1. The summed E-state index contributed by atoms with van der Waals surface area (Å²) in [5, 5.41) is 11.5. The van der Waals surface area contributed by atoms with Crippen LogP contribution >= 0.6 is 0 Å². The molecule has 2 N–H and O–H groups in total. The Bertz CT molecular complexity index is 1280. The number of nitrogens with zero attached hydrogens (tertiary/aromatic N) is 2. The molecule has 0 spiro atoms. The molecule has 37 heavy (non-hydrogen) atoms. The zero-order chi connectivity index (χ0) is 26.3. The van der Waals surface area contributed by atoms with Crippen molar-refractivity contribution in [3.63, 3.8) is 0 Å². The molecular formula is C28H33N3O6. The van der Waals surface area contributed by atoms with Crippen LogP contribution in [0.15, 0.2) is 81.4 Å². The van der Waals surface area contributed by atoms with Crippen LogP contribution < -0.4 is 11.2 Å². The number of aliphatic hydroxyl groups excluding tert-OH is 1. The van der Waals surface area contributed by atoms with Gasteiger partial charge in [0.1, 0.15) is 17.8 Å². The molecule has 0 radical (unpaired) electrons. The van der Waals surface area contributed by atoms with E-state index in [1.54, 1.807) is 6.92 Å². The Morgan fingerprint density at radius 1 is 1.08 bits per heavy atom. The number of aryl methyl sites for hydroxylation is 1. The van der Waals surface area contributed by atoms with Gasteiger partial charge in [-0.05, 0) is 37.6 Å². The zero-order valence-corrected chi connectivity index (χ0v) is 20.9. The Labute approximate surface area is 215 Å². The monoisotopic (exact) mass is 507 g/mol. The molecule has 1 aliphatic heterocycles. The van der Waals surface area contributed by atoms with Crippen LogP contribution in [-0.4, -0.2) is 52.3 Å². The predicted molar refractivity (Wildman–Crippen MR) is 140 cm³/mol. The lowest BCUT2D eigenvalue weighted by molar-refractivity contribution is -0.161. The molecule has 0 amide bonds. The second-order valence-electron chi connectivity index (χ2n) is 9.29. The van der Waals surface area contributed by atoms with Gasteiger partial charge in [0.05, 0.1) is 19.8 Å². The quantitative estimate of drug-likeness (QED) is 0.288. The van der Waals surface area contributed by atoms with Crippen LogP contribution in [0.4, 0.5) is 0 Å². The number of aromatic amines is 1. The van der Waals surface area contributed by atoms with Gasteiger partial charge in [-0.25, -0.2) is 4.79 Å². The molecule has 1 saturated heterocycles. The standard InChI is InChI=1S/C28H33N3O6/c1-20-16-31(27(34)30-25(20)33)26-23(32)24(36-18-22-12-7-4-8-13-22)28(37-26,14-9-15-29-2)19-35-17-21-10-5-3-6-11-21/h3-8,10-13,16,23-24,26,32H,2,9,14-15,17-19H2,1H3,(H,30,33,34)/t23-,24+,26-,28-/m1/s1. The van der Waals surface area contributed by atoms with Crippen molar-refractivity contribution < 1.29 is 19.3 Å². The fourth-order valence-corrected chi connectivity index (χ4v) is 4.64. The molecule has 1 aliphatic rings. The minimum atomic E-state index is -1.20. The van der Waals surface area contributed by atoms with E-state index in [1.165, 1.54) is 10.8 Å². The van der Waals surface area contributed by atoms with E-state index in [9.17, 15) is 14.7 Å². The van der Waals surface area contributed by atoms with Crippen molar-refractivity contribution in [2.24, 2.45) is 4.99 Å². The van der Waals surface area contributed by atoms with Gasteiger partial charge in [-0.1, -0.05) is 60.7 Å². The molecule has 1 aromatic heterocycles. The molecule has 0 bridgehead atoms. The third kappa shape index (κ3) is 6.31. The van der Waals surface area contributed by atoms with E-state index in [2.05, 4.69) is 16.7 Å². The third-order valence-electron chi connectivity index (χ3n) is 6.54. The number of aliphatic imine (C=N–C) groups is 1. The van der Waals surface area contributed by atoms with Gasteiger partial charge in [0.15, 0.2) is 6.23 Å². The fraction of sp³-hybridized carbons (Fsp3) is 0.393. The van der Waals surface area contributed by atoms with E-state index < -0.39 is 35.3 Å². The fourth-order valence-electron chi connectivity index (χ4n) is 4.64. The highest BCUT2D eigenvalue weighted by Crippen LogP contribution is 2.42. The topological polar surface area (TPSA) is 115 Å². The van der Waals surface area contributed by atoms with Gasteiger partial charge >= 0.3 is 5.69 Å². The smallest absolute Gasteiger partial charge is 0.330 e. The Balaban J connectivity index is 1.66. The van der Waals surface area contributed by atoms with Crippen molar-refractivity contribution in [1.29, 1.82) is 0 Å². The molecule has 9 heteroatoms. The van der Waals surface area contributed by atoms with Crippen molar-refractivity contribution in [3.8, 4) is 0 Å². The number of rotatable bonds is 12. The van der Waals surface area contributed by atoms with E-state index in [1.807, 2.05) is 60.7 Å². The maximum absolute atomic E-state index is 12.7. The summed E-state index contributed by atoms with van der Waals surface area (Å²) in [6.45, 7) is 6.34. The van der Waals surface area contributed by atoms with Crippen LogP contribution in [0, 0.1) is 6.92 Å². The van der Waals surface area contributed by atoms with Gasteiger partial charge in [0.25, 0.3) is 5.56 Å². The van der Waals surface area contributed by atoms with Crippen LogP contribution in [0.5, 0.6) is 0 Å². The number of benzene rings is 2. The summed E-state index contributed by atoms with van der Waals surface area (Å²) in [5.41, 5.74) is 0.0138. The molecule has 3 aromatic rings. The Morgan fingerprint density at radius 2 is 1.73 bits per heavy atom. The summed E-state index contributed by atoms with van der Waals surface area (Å²) in [6, 6.07) is 19.4. The first-order chi connectivity index (χ1) is 17.9. The summed E-state index contributed by atoms with van der Waals surface area (Å²) in [7, 11) is 0. The van der Waals surface area contributed by atoms with Crippen molar-refractivity contribution in [2.45, 2.75) is 57.0 Å². The van der Waals surface area contributed by atoms with Gasteiger partial charge in [-0.3, -0.25) is 14.3 Å². The number of nitrogens with one attached hydrogen (secondary N) is 1. The van der Waals surface area contributed by atoms with E-state index in [-0.39, 0.29) is 13.2 Å². The van der Waals surface area contributed by atoms with E-state index in [0.29, 0.717) is 31.6 Å². The van der Waals surface area contributed by atoms with Crippen LogP contribution in [0.25, 0.3) is 0 Å². The highest BCUT2D eigenvalue weighted by atomic mass is 16.6. The molecule has 4 rings (SSSR count). The first-order valence-electron chi connectivity index (χ1n) is 12.3. The summed E-state index contributed by atoms with van der Waals surface area (Å²) in [5.74, 6) is 0. The number of H-pyrrole nitrogens is 1. The van der Waals surface area contributed by atoms with Gasteiger partial charge in [0.2, 0.25) is 0 Å². The molecule has 0 aliphatic carbocycles. The first kappa shape index (κ1) is 26.7. The first-order valence-corrected chi connectivity index (χ1v) is 12.3. The normalized spacial score (nSPS) is 23.2. The molecule has 196 valence electrons. The van der Waals surface area contributed by atoms with Crippen LogP contribution in [0.2, 0.25) is 0 Å². The lowest BCUT2D eigenvalue weighted by Gasteiger charge is -2.34. The molecule has 0 saturated carbocycles. The molecule has 4 atom stereocenters. The summed E-state index contributed by atoms with van der Waals surface area (Å²) in [6.07, 6.45) is -0.648. The molecular weight excluding hydrogens is 474 g/mol. The predicted octanol–water partition coefficient (Wildman–Crippen LogP) is 2.76. The maximum Gasteiger partial charge on any atom is 0.330 e. The molecule has 0 unspecified atom stereocenters. The third-order valence-corrected chi connectivity index (χ3v) is 6.54. The SMILES string of the molecule is C=NCCC[C@]1(COCc2ccccc2)O[C@@H](n2cc(C)c(=O)[nH]c2=O)[C@H](O)[C@@H]1OCc1ccccc1. The minimum absolute atomic E-state index is 0.114. The van der Waals surface area contributed by atoms with Crippen LogP contribution in [0.3, 0.4) is 0 Å². The van der Waals surface area contributed by atoms with Crippen LogP contribution in [-0.2, 0) is 27.4 Å². The molecule has 2 aromatic carbocycles. The average molecular weight is 508 g/mol. The van der Waals surface area contributed by atoms with E-state index >= 15 is 0 Å². The second-order valence-corrected chi connectivity index (χ2v) is 9.29. The van der Waals surface area contributed by atoms with Gasteiger partial charge in [-0.2, -0.15) is 0 Å².